The molecule has 2 aromatic rings. The number of rotatable bonds is 5. The van der Waals surface area contributed by atoms with Crippen LogP contribution in [0.5, 0.6) is 0 Å². The van der Waals surface area contributed by atoms with Crippen LogP contribution in [0, 0.1) is 13.8 Å². The van der Waals surface area contributed by atoms with Crippen LogP contribution in [0.2, 0.25) is 5.02 Å². The van der Waals surface area contributed by atoms with Gasteiger partial charge >= 0.3 is 0 Å². The first-order valence-electron chi connectivity index (χ1n) is 7.30. The van der Waals surface area contributed by atoms with Crippen molar-refractivity contribution >= 4 is 23.0 Å². The molecular weight excluding hydrogens is 282 g/mol. The second-order valence-electron chi connectivity index (χ2n) is 5.55. The lowest BCUT2D eigenvalue weighted by Crippen LogP contribution is -2.09. The van der Waals surface area contributed by atoms with Gasteiger partial charge in [0.05, 0.1) is 10.7 Å². The van der Waals surface area contributed by atoms with E-state index in [0.717, 1.165) is 29.5 Å². The van der Waals surface area contributed by atoms with Gasteiger partial charge in [-0.3, -0.25) is 0 Å². The summed E-state index contributed by atoms with van der Waals surface area (Å²) in [5, 5.41) is 4.22. The van der Waals surface area contributed by atoms with E-state index < -0.39 is 0 Å². The molecule has 114 valence electrons. The molecule has 0 atom stereocenters. The Morgan fingerprint density at radius 2 is 1.90 bits per heavy atom. The summed E-state index contributed by atoms with van der Waals surface area (Å²) in [5.41, 5.74) is 6.06. The fourth-order valence-corrected chi connectivity index (χ4v) is 3.06. The highest BCUT2D eigenvalue weighted by molar-refractivity contribution is 6.33. The van der Waals surface area contributed by atoms with E-state index in [9.17, 15) is 0 Å². The Bertz CT molecular complexity index is 629. The van der Waals surface area contributed by atoms with Crippen LogP contribution in [0.3, 0.4) is 0 Å². The zero-order valence-corrected chi connectivity index (χ0v) is 14.3. The summed E-state index contributed by atoms with van der Waals surface area (Å²) in [6.07, 6.45) is 0. The monoisotopic (exact) mass is 305 g/mol. The minimum Gasteiger partial charge on any atom is -0.381 e. The molecule has 21 heavy (non-hydrogen) atoms. The standard InChI is InChI=1S/C17H24ClN3/c1-6-21-12(2)9-14(13(21)3)11-19-15-7-8-17(20(4)5)16(18)10-15/h7-10,19H,6,11H2,1-5H3. The molecule has 1 heterocycles. The second-order valence-corrected chi connectivity index (χ2v) is 5.96. The van der Waals surface area contributed by atoms with Crippen molar-refractivity contribution in [3.63, 3.8) is 0 Å². The van der Waals surface area contributed by atoms with Gasteiger partial charge in [-0.1, -0.05) is 11.6 Å². The van der Waals surface area contributed by atoms with E-state index in [0.29, 0.717) is 0 Å². The van der Waals surface area contributed by atoms with Crippen LogP contribution in [0.15, 0.2) is 24.3 Å². The number of hydrogen-bond donors (Lipinski definition) is 1. The molecular formula is C17H24ClN3. The molecule has 0 spiro atoms. The van der Waals surface area contributed by atoms with Gasteiger partial charge in [-0.25, -0.2) is 0 Å². The number of aryl methyl sites for hydroxylation is 1. The number of anilines is 2. The van der Waals surface area contributed by atoms with Gasteiger partial charge in [0.15, 0.2) is 0 Å². The Labute approximate surface area is 132 Å². The number of aromatic nitrogens is 1. The minimum absolute atomic E-state index is 0.768. The number of nitrogens with one attached hydrogen (secondary N) is 1. The van der Waals surface area contributed by atoms with Crippen molar-refractivity contribution in [1.82, 2.24) is 4.57 Å². The molecule has 4 heteroatoms. The van der Waals surface area contributed by atoms with Gasteiger partial charge in [-0.2, -0.15) is 0 Å². The first-order valence-corrected chi connectivity index (χ1v) is 7.68. The van der Waals surface area contributed by atoms with E-state index in [-0.39, 0.29) is 0 Å². The molecule has 0 aliphatic carbocycles. The number of benzene rings is 1. The molecule has 0 bridgehead atoms. The van der Waals surface area contributed by atoms with Crippen LogP contribution >= 0.6 is 11.6 Å². The molecule has 2 rings (SSSR count). The SMILES string of the molecule is CCn1c(C)cc(CNc2ccc(N(C)C)c(Cl)c2)c1C. The molecule has 1 aromatic heterocycles. The maximum Gasteiger partial charge on any atom is 0.0659 e. The third kappa shape index (κ3) is 3.35. The molecule has 0 radical (unpaired) electrons. The third-order valence-corrected chi connectivity index (χ3v) is 4.21. The van der Waals surface area contributed by atoms with Gasteiger partial charge < -0.3 is 14.8 Å². The number of halogens is 1. The van der Waals surface area contributed by atoms with Crippen molar-refractivity contribution in [2.45, 2.75) is 33.9 Å². The molecule has 0 fully saturated rings. The number of hydrogen-bond acceptors (Lipinski definition) is 2. The van der Waals surface area contributed by atoms with Crippen LogP contribution in [0.4, 0.5) is 11.4 Å². The van der Waals surface area contributed by atoms with Crippen molar-refractivity contribution in [3.8, 4) is 0 Å². The van der Waals surface area contributed by atoms with Crippen LogP contribution in [0.1, 0.15) is 23.9 Å². The average molecular weight is 306 g/mol. The molecule has 0 saturated heterocycles. The summed E-state index contributed by atoms with van der Waals surface area (Å²) in [7, 11) is 3.99. The first kappa shape index (κ1) is 15.8. The van der Waals surface area contributed by atoms with Gasteiger partial charge in [-0.15, -0.1) is 0 Å². The van der Waals surface area contributed by atoms with E-state index in [1.54, 1.807) is 0 Å². The van der Waals surface area contributed by atoms with Crippen molar-refractivity contribution < 1.29 is 0 Å². The maximum atomic E-state index is 6.30. The molecule has 1 N–H and O–H groups in total. The Hall–Kier alpha value is -1.61. The van der Waals surface area contributed by atoms with Crippen molar-refractivity contribution in [2.24, 2.45) is 0 Å². The highest BCUT2D eigenvalue weighted by atomic mass is 35.5. The Morgan fingerprint density at radius 3 is 2.43 bits per heavy atom. The summed E-state index contributed by atoms with van der Waals surface area (Å²) < 4.78 is 2.33. The molecule has 0 saturated carbocycles. The lowest BCUT2D eigenvalue weighted by Gasteiger charge is -2.15. The molecule has 3 nitrogen and oxygen atoms in total. The third-order valence-electron chi connectivity index (χ3n) is 3.91. The molecule has 0 aliphatic rings. The minimum atomic E-state index is 0.768. The fourth-order valence-electron chi connectivity index (χ4n) is 2.71. The van der Waals surface area contributed by atoms with Crippen molar-refractivity contribution in [2.75, 3.05) is 24.3 Å². The van der Waals surface area contributed by atoms with Crippen molar-refractivity contribution in [1.29, 1.82) is 0 Å². The van der Waals surface area contributed by atoms with E-state index in [2.05, 4.69) is 42.8 Å². The predicted molar refractivity (Wildman–Crippen MR) is 92.7 cm³/mol. The van der Waals surface area contributed by atoms with Crippen LogP contribution in [-0.4, -0.2) is 18.7 Å². The van der Waals surface area contributed by atoms with E-state index in [1.165, 1.54) is 17.0 Å². The van der Waals surface area contributed by atoms with Crippen LogP contribution in [-0.2, 0) is 13.1 Å². The first-order chi connectivity index (χ1) is 9.93. The van der Waals surface area contributed by atoms with E-state index in [1.807, 2.05) is 31.1 Å². The molecule has 0 amide bonds. The van der Waals surface area contributed by atoms with Gasteiger partial charge in [0.2, 0.25) is 0 Å². The predicted octanol–water partition coefficient (Wildman–Crippen LogP) is 4.46. The summed E-state index contributed by atoms with van der Waals surface area (Å²) in [4.78, 5) is 2.01. The summed E-state index contributed by atoms with van der Waals surface area (Å²) >= 11 is 6.30. The highest BCUT2D eigenvalue weighted by Gasteiger charge is 2.08. The Morgan fingerprint density at radius 1 is 1.19 bits per heavy atom. The van der Waals surface area contributed by atoms with Gasteiger partial charge in [-0.05, 0) is 50.6 Å². The molecule has 0 unspecified atom stereocenters. The summed E-state index contributed by atoms with van der Waals surface area (Å²) in [6, 6.07) is 8.34. The van der Waals surface area contributed by atoms with E-state index >= 15 is 0 Å². The van der Waals surface area contributed by atoms with Gasteiger partial charge in [0, 0.05) is 44.3 Å². The molecule has 1 aromatic carbocycles. The van der Waals surface area contributed by atoms with Crippen LogP contribution < -0.4 is 10.2 Å². The average Bonchev–Trinajstić information content (AvgIpc) is 2.70. The smallest absolute Gasteiger partial charge is 0.0659 e. The molecule has 0 aliphatic heterocycles. The largest absolute Gasteiger partial charge is 0.381 e. The summed E-state index contributed by atoms with van der Waals surface area (Å²) in [5.74, 6) is 0. The normalized spacial score (nSPS) is 10.8. The van der Waals surface area contributed by atoms with E-state index in [4.69, 9.17) is 11.6 Å². The number of nitrogens with zero attached hydrogens (tertiary/aromatic N) is 2. The Kier molecular flexibility index (Phi) is 4.84. The topological polar surface area (TPSA) is 20.2 Å². The van der Waals surface area contributed by atoms with Gasteiger partial charge in [0.25, 0.3) is 0 Å². The zero-order valence-electron chi connectivity index (χ0n) is 13.5. The maximum absolute atomic E-state index is 6.30. The quantitative estimate of drug-likeness (QED) is 0.880. The lowest BCUT2D eigenvalue weighted by molar-refractivity contribution is 0.715. The Balaban J connectivity index is 2.12. The zero-order chi connectivity index (χ0) is 15.6. The fraction of sp³-hybridized carbons (Fsp3) is 0.412. The lowest BCUT2D eigenvalue weighted by atomic mass is 10.2. The van der Waals surface area contributed by atoms with Crippen molar-refractivity contribution in [3.05, 3.63) is 46.2 Å². The highest BCUT2D eigenvalue weighted by Crippen LogP contribution is 2.28. The summed E-state index contributed by atoms with van der Waals surface area (Å²) in [6.45, 7) is 8.34. The second kappa shape index (κ2) is 6.44. The van der Waals surface area contributed by atoms with Crippen LogP contribution in [0.25, 0.3) is 0 Å². The van der Waals surface area contributed by atoms with Gasteiger partial charge in [0.1, 0.15) is 0 Å².